The molecule has 6 nitrogen and oxygen atoms in total. The van der Waals surface area contributed by atoms with Crippen LogP contribution in [0.3, 0.4) is 0 Å². The molecule has 1 aromatic heterocycles. The summed E-state index contributed by atoms with van der Waals surface area (Å²) in [5.41, 5.74) is 1.96. The molecule has 1 heterocycles. The monoisotopic (exact) mass is 451 g/mol. The lowest BCUT2D eigenvalue weighted by molar-refractivity contribution is 0.579. The van der Waals surface area contributed by atoms with Gasteiger partial charge in [0.15, 0.2) is 5.13 Å². The lowest BCUT2D eigenvalue weighted by Crippen LogP contribution is -2.13. The normalized spacial score (nSPS) is 12.1. The Balaban J connectivity index is 1.98. The maximum absolute atomic E-state index is 12.6. The number of nitrogens with zero attached hydrogens (tertiary/aromatic N) is 2. The Morgan fingerprint density at radius 2 is 1.89 bits per heavy atom. The van der Waals surface area contributed by atoms with E-state index in [1.807, 2.05) is 18.2 Å². The van der Waals surface area contributed by atoms with E-state index in [0.717, 1.165) is 15.2 Å². The number of sulfonamides is 1. The molecule has 0 atom stereocenters. The van der Waals surface area contributed by atoms with Crippen LogP contribution < -0.4 is 4.72 Å². The summed E-state index contributed by atoms with van der Waals surface area (Å²) in [7, 11) is -2.55. The second-order valence-corrected chi connectivity index (χ2v) is 11.4. The quantitative estimate of drug-likeness (QED) is 0.391. The smallest absolute Gasteiger partial charge is 0.263 e. The third-order valence-electron chi connectivity index (χ3n) is 3.94. The van der Waals surface area contributed by atoms with Crippen molar-refractivity contribution in [1.82, 2.24) is 4.98 Å². The fourth-order valence-electron chi connectivity index (χ4n) is 2.58. The van der Waals surface area contributed by atoms with E-state index < -0.39 is 10.0 Å². The van der Waals surface area contributed by atoms with E-state index in [0.29, 0.717) is 22.2 Å². The van der Waals surface area contributed by atoms with Gasteiger partial charge in [-0.2, -0.15) is 5.26 Å². The molecule has 0 saturated carbocycles. The van der Waals surface area contributed by atoms with Crippen LogP contribution in [-0.4, -0.2) is 18.0 Å². The molecule has 2 aromatic carbocycles. The van der Waals surface area contributed by atoms with Crippen molar-refractivity contribution < 1.29 is 13.0 Å². The van der Waals surface area contributed by atoms with Crippen LogP contribution in [0.4, 0.5) is 5.13 Å². The van der Waals surface area contributed by atoms with Gasteiger partial charge in [0.25, 0.3) is 10.0 Å². The molecule has 0 aliphatic carbocycles. The van der Waals surface area contributed by atoms with E-state index in [9.17, 15) is 13.0 Å². The Hall–Kier alpha value is -1.77. The molecule has 0 aliphatic heterocycles. The largest absolute Gasteiger partial charge is 0.320 e. The minimum Gasteiger partial charge on any atom is -0.320 e. The van der Waals surface area contributed by atoms with Crippen molar-refractivity contribution in [2.24, 2.45) is 0 Å². The first-order valence-electron chi connectivity index (χ1n) is 8.10. The summed E-state index contributed by atoms with van der Waals surface area (Å²) in [6, 6.07) is 11.5. The first kappa shape index (κ1) is 21.0. The van der Waals surface area contributed by atoms with E-state index in [2.05, 4.69) is 30.5 Å². The summed E-state index contributed by atoms with van der Waals surface area (Å²) in [6.07, 6.45) is 0. The van der Waals surface area contributed by atoms with Gasteiger partial charge in [-0.1, -0.05) is 32.1 Å². The Bertz CT molecular complexity index is 1160. The fraction of sp³-hybridized carbons (Fsp3) is 0.222. The van der Waals surface area contributed by atoms with Gasteiger partial charge in [0.1, 0.15) is 0 Å². The predicted molar refractivity (Wildman–Crippen MR) is 116 cm³/mol. The second-order valence-electron chi connectivity index (χ2n) is 6.98. The summed E-state index contributed by atoms with van der Waals surface area (Å²) >= 11 is 1.90. The number of hydrogen-bond acceptors (Lipinski definition) is 8. The maximum Gasteiger partial charge on any atom is 0.263 e. The van der Waals surface area contributed by atoms with Gasteiger partial charge in [-0.3, -0.25) is 4.72 Å². The van der Waals surface area contributed by atoms with Crippen molar-refractivity contribution in [3.8, 4) is 6.07 Å². The van der Waals surface area contributed by atoms with E-state index in [-0.39, 0.29) is 15.4 Å². The van der Waals surface area contributed by atoms with Crippen LogP contribution in [0.1, 0.15) is 31.9 Å². The molecule has 146 valence electrons. The first-order chi connectivity index (χ1) is 13.1. The van der Waals surface area contributed by atoms with Crippen LogP contribution in [0.5, 0.6) is 0 Å². The van der Waals surface area contributed by atoms with Crippen LogP contribution in [0.2, 0.25) is 0 Å². The van der Waals surface area contributed by atoms with Crippen molar-refractivity contribution in [2.75, 3.05) is 4.72 Å². The highest BCUT2D eigenvalue weighted by atomic mass is 33.1. The average molecular weight is 452 g/mol. The third-order valence-corrected chi connectivity index (χ3v) is 7.71. The topological polar surface area (TPSA) is 103 Å². The average Bonchev–Trinajstić information content (AvgIpc) is 3.01. The first-order valence-corrected chi connectivity index (χ1v) is 12.5. The molecular weight excluding hydrogens is 434 g/mol. The zero-order valence-electron chi connectivity index (χ0n) is 15.3. The van der Waals surface area contributed by atoms with Gasteiger partial charge in [0.2, 0.25) is 0 Å². The van der Waals surface area contributed by atoms with Crippen LogP contribution in [0.25, 0.3) is 10.2 Å². The molecule has 3 aromatic rings. The summed E-state index contributed by atoms with van der Waals surface area (Å²) in [5, 5.41) is 9.11. The highest BCUT2D eigenvalue weighted by molar-refractivity contribution is 8.74. The van der Waals surface area contributed by atoms with Gasteiger partial charge >= 0.3 is 0 Å². The molecule has 0 saturated heterocycles. The second kappa shape index (κ2) is 7.93. The minimum absolute atomic E-state index is 0.0639. The predicted octanol–water partition coefficient (Wildman–Crippen LogP) is 5.48. The molecule has 2 N–H and O–H groups in total. The number of rotatable bonds is 5. The molecule has 0 amide bonds. The van der Waals surface area contributed by atoms with Gasteiger partial charge in [-0.25, -0.2) is 13.4 Å². The Morgan fingerprint density at radius 1 is 1.21 bits per heavy atom. The molecule has 0 unspecified atom stereocenters. The molecule has 0 spiro atoms. The van der Waals surface area contributed by atoms with Crippen molar-refractivity contribution in [2.45, 2.75) is 36.0 Å². The lowest BCUT2D eigenvalue weighted by atomic mass is 9.87. The van der Waals surface area contributed by atoms with E-state index >= 15 is 0 Å². The van der Waals surface area contributed by atoms with Crippen LogP contribution in [-0.2, 0) is 15.4 Å². The molecule has 28 heavy (non-hydrogen) atoms. The molecule has 0 aliphatic rings. The van der Waals surface area contributed by atoms with Crippen molar-refractivity contribution in [3.05, 3.63) is 47.5 Å². The SMILES string of the molecule is CC(C)(C)c1cc2nc(NS(=O)(=O)c3ccc(C#N)cc3)sc2cc1SSO. The number of fused-ring (bicyclic) bond motifs is 1. The highest BCUT2D eigenvalue weighted by Crippen LogP contribution is 2.41. The van der Waals surface area contributed by atoms with Gasteiger partial charge in [0, 0.05) is 4.90 Å². The zero-order chi connectivity index (χ0) is 20.5. The number of thiazole rings is 1. The van der Waals surface area contributed by atoms with E-state index in [1.165, 1.54) is 46.4 Å². The van der Waals surface area contributed by atoms with E-state index in [1.54, 1.807) is 0 Å². The van der Waals surface area contributed by atoms with Crippen molar-refractivity contribution in [3.63, 3.8) is 0 Å². The van der Waals surface area contributed by atoms with Crippen LogP contribution in [0, 0.1) is 11.3 Å². The van der Waals surface area contributed by atoms with Gasteiger partial charge in [0.05, 0.1) is 37.8 Å². The van der Waals surface area contributed by atoms with Gasteiger partial charge in [-0.05, 0) is 58.2 Å². The maximum atomic E-state index is 12.6. The van der Waals surface area contributed by atoms with Crippen LogP contribution >= 0.6 is 33.2 Å². The number of aromatic nitrogens is 1. The Morgan fingerprint density at radius 3 is 2.46 bits per heavy atom. The highest BCUT2D eigenvalue weighted by Gasteiger charge is 2.22. The molecule has 0 radical (unpaired) electrons. The van der Waals surface area contributed by atoms with Crippen molar-refractivity contribution >= 4 is 58.6 Å². The number of nitrogens with one attached hydrogen (secondary N) is 1. The van der Waals surface area contributed by atoms with Crippen LogP contribution in [0.15, 0.2) is 46.2 Å². The number of benzene rings is 2. The lowest BCUT2D eigenvalue weighted by Gasteiger charge is -2.21. The zero-order valence-corrected chi connectivity index (χ0v) is 18.5. The molecule has 0 bridgehead atoms. The summed E-state index contributed by atoms with van der Waals surface area (Å²) in [5.74, 6) is 0. The number of hydrogen-bond donors (Lipinski definition) is 2. The van der Waals surface area contributed by atoms with Gasteiger partial charge in [-0.15, -0.1) is 0 Å². The molecule has 3 rings (SSSR count). The summed E-state index contributed by atoms with van der Waals surface area (Å²) in [6.45, 7) is 6.21. The minimum atomic E-state index is -3.81. The summed E-state index contributed by atoms with van der Waals surface area (Å²) in [4.78, 5) is 5.41. The molecule has 0 fully saturated rings. The Kier molecular flexibility index (Phi) is 5.93. The molecular formula is C18H17N3O3S4. The van der Waals surface area contributed by atoms with Gasteiger partial charge < -0.3 is 4.55 Å². The van der Waals surface area contributed by atoms with Crippen molar-refractivity contribution in [1.29, 1.82) is 5.26 Å². The number of anilines is 1. The summed E-state index contributed by atoms with van der Waals surface area (Å²) < 4.78 is 37.8. The number of nitriles is 1. The Labute approximate surface area is 175 Å². The van der Waals surface area contributed by atoms with E-state index in [4.69, 9.17) is 5.26 Å². The fourth-order valence-corrected chi connectivity index (χ4v) is 6.13. The standard InChI is InChI=1S/C18H17N3O3S4/c1-18(2,3)13-8-14-16(9-15(13)26-27-22)25-17(20-14)21-28(23,24)12-6-4-11(10-19)5-7-12/h4-9,22H,1-3H3,(H,20,21). The molecule has 10 heteroatoms. The third kappa shape index (κ3) is 4.45.